The van der Waals surface area contributed by atoms with E-state index in [1.807, 2.05) is 31.2 Å². The minimum absolute atomic E-state index is 0. The first-order valence-electron chi connectivity index (χ1n) is 3.25. The summed E-state index contributed by atoms with van der Waals surface area (Å²) in [6, 6.07) is 8.01. The number of rotatable bonds is 2. The van der Waals surface area contributed by atoms with Gasteiger partial charge in [0.15, 0.2) is 0 Å². The summed E-state index contributed by atoms with van der Waals surface area (Å²) in [5.74, 6) is 0. The van der Waals surface area contributed by atoms with E-state index in [-0.39, 0.29) is 12.4 Å². The van der Waals surface area contributed by atoms with E-state index in [0.29, 0.717) is 6.54 Å². The van der Waals surface area contributed by atoms with Gasteiger partial charge < -0.3 is 5.21 Å². The van der Waals surface area contributed by atoms with E-state index in [0.717, 1.165) is 5.56 Å². The van der Waals surface area contributed by atoms with Crippen molar-refractivity contribution in [1.29, 1.82) is 0 Å². The van der Waals surface area contributed by atoms with Crippen LogP contribution in [0.3, 0.4) is 0 Å². The second-order valence-corrected chi connectivity index (χ2v) is 2.32. The molecule has 3 heteroatoms. The Hall–Kier alpha value is -0.570. The smallest absolute Gasteiger partial charge is 0.0458 e. The normalized spacial score (nSPS) is 8.91. The van der Waals surface area contributed by atoms with Crippen molar-refractivity contribution in [1.82, 2.24) is 5.48 Å². The van der Waals surface area contributed by atoms with Crippen molar-refractivity contribution in [3.63, 3.8) is 0 Å². The van der Waals surface area contributed by atoms with Crippen molar-refractivity contribution in [2.45, 2.75) is 13.5 Å². The van der Waals surface area contributed by atoms with Crippen molar-refractivity contribution in [3.8, 4) is 0 Å². The summed E-state index contributed by atoms with van der Waals surface area (Å²) < 4.78 is 0. The van der Waals surface area contributed by atoms with Gasteiger partial charge in [0.2, 0.25) is 0 Å². The van der Waals surface area contributed by atoms with Crippen LogP contribution < -0.4 is 5.48 Å². The number of nitrogens with one attached hydrogen (secondary N) is 1. The summed E-state index contributed by atoms with van der Waals surface area (Å²) in [6.07, 6.45) is 0. The molecule has 0 aliphatic rings. The molecule has 0 aromatic heterocycles. The van der Waals surface area contributed by atoms with Gasteiger partial charge in [-0.25, -0.2) is 5.48 Å². The fourth-order valence-corrected chi connectivity index (χ4v) is 0.797. The maximum absolute atomic E-state index is 8.34. The Bertz CT molecular complexity index is 198. The highest BCUT2D eigenvalue weighted by atomic mass is 35.5. The van der Waals surface area contributed by atoms with Gasteiger partial charge in [0.25, 0.3) is 0 Å². The summed E-state index contributed by atoms with van der Waals surface area (Å²) in [6.45, 7) is 2.55. The van der Waals surface area contributed by atoms with E-state index in [1.54, 1.807) is 0 Å². The highest BCUT2D eigenvalue weighted by molar-refractivity contribution is 5.85. The minimum Gasteiger partial charge on any atom is -0.316 e. The molecule has 0 saturated carbocycles. The molecule has 0 fully saturated rings. The highest BCUT2D eigenvalue weighted by Gasteiger charge is 1.88. The molecule has 1 aromatic carbocycles. The van der Waals surface area contributed by atoms with Crippen LogP contribution in [0.2, 0.25) is 0 Å². The number of aryl methyl sites for hydroxylation is 1. The summed E-state index contributed by atoms with van der Waals surface area (Å²) in [4.78, 5) is 0. The molecule has 0 bridgehead atoms. The first-order valence-corrected chi connectivity index (χ1v) is 3.25. The lowest BCUT2D eigenvalue weighted by molar-refractivity contribution is 0.161. The predicted octanol–water partition coefficient (Wildman–Crippen LogP) is 1.90. The fourth-order valence-electron chi connectivity index (χ4n) is 0.797. The topological polar surface area (TPSA) is 32.3 Å². The van der Waals surface area contributed by atoms with Gasteiger partial charge in [0.05, 0.1) is 0 Å². The third kappa shape index (κ3) is 3.37. The van der Waals surface area contributed by atoms with E-state index < -0.39 is 0 Å². The maximum Gasteiger partial charge on any atom is 0.0458 e. The van der Waals surface area contributed by atoms with Gasteiger partial charge in [-0.1, -0.05) is 29.8 Å². The second kappa shape index (κ2) is 5.13. The zero-order valence-corrected chi connectivity index (χ0v) is 7.19. The van der Waals surface area contributed by atoms with Gasteiger partial charge in [0.1, 0.15) is 0 Å². The average Bonchev–Trinajstić information content (AvgIpc) is 1.95. The highest BCUT2D eigenvalue weighted by Crippen LogP contribution is 2.01. The van der Waals surface area contributed by atoms with Crippen molar-refractivity contribution in [3.05, 3.63) is 35.4 Å². The van der Waals surface area contributed by atoms with E-state index >= 15 is 0 Å². The van der Waals surface area contributed by atoms with Crippen LogP contribution in [-0.4, -0.2) is 5.21 Å². The molecule has 0 heterocycles. The Morgan fingerprint density at radius 2 is 1.82 bits per heavy atom. The van der Waals surface area contributed by atoms with Crippen LogP contribution in [0.15, 0.2) is 24.3 Å². The van der Waals surface area contributed by atoms with E-state index in [2.05, 4.69) is 5.48 Å². The van der Waals surface area contributed by atoms with E-state index in [1.165, 1.54) is 5.56 Å². The molecule has 0 unspecified atom stereocenters. The van der Waals surface area contributed by atoms with Crippen molar-refractivity contribution in [2.75, 3.05) is 0 Å². The van der Waals surface area contributed by atoms with E-state index in [9.17, 15) is 0 Å². The second-order valence-electron chi connectivity index (χ2n) is 2.32. The van der Waals surface area contributed by atoms with Crippen LogP contribution in [0.5, 0.6) is 0 Å². The fraction of sp³-hybridized carbons (Fsp3) is 0.250. The average molecular weight is 174 g/mol. The molecule has 0 saturated heterocycles. The van der Waals surface area contributed by atoms with Crippen LogP contribution in [0.4, 0.5) is 0 Å². The quantitative estimate of drug-likeness (QED) is 0.670. The Kier molecular flexibility index (Phi) is 4.86. The number of hydroxylamine groups is 1. The van der Waals surface area contributed by atoms with E-state index in [4.69, 9.17) is 5.21 Å². The Morgan fingerprint density at radius 1 is 1.27 bits per heavy atom. The summed E-state index contributed by atoms with van der Waals surface area (Å²) in [7, 11) is 0. The number of benzene rings is 1. The number of hydrogen-bond acceptors (Lipinski definition) is 2. The first kappa shape index (κ1) is 10.4. The molecule has 62 valence electrons. The molecule has 0 aliphatic heterocycles. The van der Waals surface area contributed by atoms with Crippen LogP contribution in [-0.2, 0) is 6.54 Å². The molecule has 1 aromatic rings. The third-order valence-electron chi connectivity index (χ3n) is 1.40. The zero-order valence-electron chi connectivity index (χ0n) is 6.37. The monoisotopic (exact) mass is 173 g/mol. The van der Waals surface area contributed by atoms with Crippen LogP contribution in [0.25, 0.3) is 0 Å². The first-order chi connectivity index (χ1) is 4.83. The van der Waals surface area contributed by atoms with Crippen LogP contribution >= 0.6 is 12.4 Å². The molecule has 0 amide bonds. The lowest BCUT2D eigenvalue weighted by Crippen LogP contribution is -2.05. The van der Waals surface area contributed by atoms with Crippen molar-refractivity contribution < 1.29 is 5.21 Å². The lowest BCUT2D eigenvalue weighted by atomic mass is 10.2. The maximum atomic E-state index is 8.34. The molecule has 0 atom stereocenters. The third-order valence-corrected chi connectivity index (χ3v) is 1.40. The molecule has 2 nitrogen and oxygen atoms in total. The number of hydrogen-bond donors (Lipinski definition) is 2. The van der Waals surface area contributed by atoms with Gasteiger partial charge in [-0.3, -0.25) is 0 Å². The lowest BCUT2D eigenvalue weighted by Gasteiger charge is -1.97. The van der Waals surface area contributed by atoms with Gasteiger partial charge in [-0.2, -0.15) is 0 Å². The molecule has 2 N–H and O–H groups in total. The van der Waals surface area contributed by atoms with Crippen molar-refractivity contribution in [2.24, 2.45) is 0 Å². The van der Waals surface area contributed by atoms with Gasteiger partial charge in [-0.05, 0) is 12.5 Å². The van der Waals surface area contributed by atoms with Crippen LogP contribution in [0, 0.1) is 6.92 Å². The minimum atomic E-state index is 0. The molecule has 0 spiro atoms. The molecule has 0 aliphatic carbocycles. The summed E-state index contributed by atoms with van der Waals surface area (Å²) >= 11 is 0. The van der Waals surface area contributed by atoms with Crippen LogP contribution in [0.1, 0.15) is 11.1 Å². The van der Waals surface area contributed by atoms with Gasteiger partial charge in [0, 0.05) is 6.54 Å². The van der Waals surface area contributed by atoms with Crippen molar-refractivity contribution >= 4 is 12.4 Å². The Balaban J connectivity index is 0.000001000. The molecule has 11 heavy (non-hydrogen) atoms. The Labute approximate surface area is 72.6 Å². The largest absolute Gasteiger partial charge is 0.316 e. The number of halogens is 1. The molecular weight excluding hydrogens is 162 g/mol. The Morgan fingerprint density at radius 3 is 2.27 bits per heavy atom. The van der Waals surface area contributed by atoms with Gasteiger partial charge >= 0.3 is 0 Å². The summed E-state index contributed by atoms with van der Waals surface area (Å²) in [5.41, 5.74) is 4.43. The standard InChI is InChI=1S/C8H11NO.ClH/c1-7-2-4-8(5-3-7)6-9-10;/h2-5,9-10H,6H2,1H3;1H. The molecule has 0 radical (unpaired) electrons. The molecule has 1 rings (SSSR count). The van der Waals surface area contributed by atoms with Gasteiger partial charge in [-0.15, -0.1) is 12.4 Å². The molecular formula is C8H12ClNO. The predicted molar refractivity (Wildman–Crippen MR) is 47.1 cm³/mol. The summed E-state index contributed by atoms with van der Waals surface area (Å²) in [5, 5.41) is 8.34. The zero-order chi connectivity index (χ0) is 7.40. The SMILES string of the molecule is Cc1ccc(CNO)cc1.Cl.